The average molecular weight is 420 g/mol. The Labute approximate surface area is 180 Å². The van der Waals surface area contributed by atoms with E-state index < -0.39 is 0 Å². The number of carbonyl (C=O) groups is 1. The van der Waals surface area contributed by atoms with Crippen LogP contribution in [0.5, 0.6) is 5.75 Å². The van der Waals surface area contributed by atoms with E-state index in [1.807, 2.05) is 80.6 Å². The molecule has 4 rings (SSSR count). The summed E-state index contributed by atoms with van der Waals surface area (Å²) in [7, 11) is 0. The quantitative estimate of drug-likeness (QED) is 0.460. The van der Waals surface area contributed by atoms with E-state index in [4.69, 9.17) is 16.3 Å². The Morgan fingerprint density at radius 3 is 2.60 bits per heavy atom. The smallest absolute Gasteiger partial charge is 0.251 e. The van der Waals surface area contributed by atoms with Crippen LogP contribution in [0.3, 0.4) is 0 Å². The summed E-state index contributed by atoms with van der Waals surface area (Å²) in [5, 5.41) is 3.56. The fraction of sp³-hybridized carbons (Fsp3) is 0.167. The van der Waals surface area contributed by atoms with E-state index in [0.29, 0.717) is 23.7 Å². The highest BCUT2D eigenvalue weighted by Crippen LogP contribution is 2.24. The third-order valence-corrected chi connectivity index (χ3v) is 5.26. The van der Waals surface area contributed by atoms with Gasteiger partial charge in [-0.1, -0.05) is 29.8 Å². The van der Waals surface area contributed by atoms with Crippen LogP contribution in [0.15, 0.2) is 66.7 Å². The second kappa shape index (κ2) is 8.59. The number of nitrogens with one attached hydrogen (secondary N) is 1. The number of ether oxygens (including phenoxy) is 1. The van der Waals surface area contributed by atoms with E-state index in [9.17, 15) is 4.79 Å². The summed E-state index contributed by atoms with van der Waals surface area (Å²) in [6.07, 6.45) is 0. The number of nitrogens with zero attached hydrogens (tertiary/aromatic N) is 2. The van der Waals surface area contributed by atoms with Crippen molar-refractivity contribution in [3.05, 3.63) is 88.7 Å². The van der Waals surface area contributed by atoms with Crippen LogP contribution in [0, 0.1) is 6.92 Å². The van der Waals surface area contributed by atoms with Crippen molar-refractivity contribution in [3.63, 3.8) is 0 Å². The monoisotopic (exact) mass is 419 g/mol. The molecule has 3 aromatic carbocycles. The van der Waals surface area contributed by atoms with Crippen LogP contribution in [-0.4, -0.2) is 22.1 Å². The van der Waals surface area contributed by atoms with E-state index in [0.717, 1.165) is 33.9 Å². The number of rotatable bonds is 6. The maximum atomic E-state index is 12.6. The minimum absolute atomic E-state index is 0.162. The van der Waals surface area contributed by atoms with Gasteiger partial charge in [-0.3, -0.25) is 9.36 Å². The van der Waals surface area contributed by atoms with Crippen LogP contribution in [-0.2, 0) is 6.54 Å². The maximum absolute atomic E-state index is 12.6. The Morgan fingerprint density at radius 1 is 1.10 bits per heavy atom. The van der Waals surface area contributed by atoms with Gasteiger partial charge in [0.2, 0.25) is 0 Å². The van der Waals surface area contributed by atoms with Crippen molar-refractivity contribution < 1.29 is 9.53 Å². The van der Waals surface area contributed by atoms with Gasteiger partial charge in [0.15, 0.2) is 0 Å². The molecule has 5 nitrogen and oxygen atoms in total. The third kappa shape index (κ3) is 4.02. The molecule has 0 fully saturated rings. The summed E-state index contributed by atoms with van der Waals surface area (Å²) in [5.74, 6) is 1.52. The van der Waals surface area contributed by atoms with Gasteiger partial charge in [-0.15, -0.1) is 0 Å². The number of aromatic nitrogens is 2. The zero-order valence-corrected chi connectivity index (χ0v) is 17.6. The number of benzene rings is 3. The molecule has 30 heavy (non-hydrogen) atoms. The predicted octanol–water partition coefficient (Wildman–Crippen LogP) is 5.32. The van der Waals surface area contributed by atoms with Gasteiger partial charge < -0.3 is 10.1 Å². The molecule has 0 bridgehead atoms. The Morgan fingerprint density at radius 2 is 1.87 bits per heavy atom. The molecule has 1 N–H and O–H groups in total. The Hall–Kier alpha value is -3.31. The zero-order valence-electron chi connectivity index (χ0n) is 16.9. The molecular weight excluding hydrogens is 398 g/mol. The minimum atomic E-state index is -0.162. The fourth-order valence-corrected chi connectivity index (χ4v) is 3.65. The Kier molecular flexibility index (Phi) is 5.72. The lowest BCUT2D eigenvalue weighted by molar-refractivity contribution is 0.0951. The third-order valence-electron chi connectivity index (χ3n) is 4.89. The SMILES string of the molecule is CCOc1ccc(-n2c(C)nc3cc(C(=O)NCc4ccccc4Cl)ccc32)cc1. The van der Waals surface area contributed by atoms with Crippen molar-refractivity contribution in [2.75, 3.05) is 6.61 Å². The second-order valence-electron chi connectivity index (χ2n) is 6.90. The van der Waals surface area contributed by atoms with E-state index in [-0.39, 0.29) is 5.91 Å². The minimum Gasteiger partial charge on any atom is -0.494 e. The van der Waals surface area contributed by atoms with Gasteiger partial charge in [-0.2, -0.15) is 0 Å². The lowest BCUT2D eigenvalue weighted by Gasteiger charge is -2.09. The topological polar surface area (TPSA) is 56.2 Å². The largest absolute Gasteiger partial charge is 0.494 e. The van der Waals surface area contributed by atoms with Crippen LogP contribution in [0.2, 0.25) is 5.02 Å². The van der Waals surface area contributed by atoms with Crippen LogP contribution < -0.4 is 10.1 Å². The summed E-state index contributed by atoms with van der Waals surface area (Å²) < 4.78 is 7.59. The molecule has 0 unspecified atom stereocenters. The molecule has 0 radical (unpaired) electrons. The van der Waals surface area contributed by atoms with Gasteiger partial charge in [-0.25, -0.2) is 4.98 Å². The first-order valence-corrected chi connectivity index (χ1v) is 10.2. The summed E-state index contributed by atoms with van der Waals surface area (Å²) in [4.78, 5) is 17.3. The lowest BCUT2D eigenvalue weighted by Crippen LogP contribution is -2.22. The summed E-state index contributed by atoms with van der Waals surface area (Å²) in [6.45, 7) is 4.92. The molecule has 0 saturated heterocycles. The molecule has 4 aromatic rings. The van der Waals surface area contributed by atoms with Crippen molar-refractivity contribution in [1.82, 2.24) is 14.9 Å². The molecule has 0 aliphatic carbocycles. The molecule has 0 aliphatic rings. The van der Waals surface area contributed by atoms with Crippen molar-refractivity contribution >= 4 is 28.5 Å². The van der Waals surface area contributed by atoms with Crippen LogP contribution in [0.4, 0.5) is 0 Å². The molecule has 152 valence electrons. The first kappa shape index (κ1) is 20.0. The highest BCUT2D eigenvalue weighted by atomic mass is 35.5. The molecule has 0 spiro atoms. The van der Waals surface area contributed by atoms with Crippen molar-refractivity contribution in [2.45, 2.75) is 20.4 Å². The van der Waals surface area contributed by atoms with Gasteiger partial charge >= 0.3 is 0 Å². The average Bonchev–Trinajstić information content (AvgIpc) is 3.08. The zero-order chi connectivity index (χ0) is 21.1. The predicted molar refractivity (Wildman–Crippen MR) is 120 cm³/mol. The van der Waals surface area contributed by atoms with Gasteiger partial charge in [-0.05, 0) is 67.9 Å². The fourth-order valence-electron chi connectivity index (χ4n) is 3.45. The van der Waals surface area contributed by atoms with Crippen LogP contribution in [0.25, 0.3) is 16.7 Å². The van der Waals surface area contributed by atoms with Crippen molar-refractivity contribution in [2.24, 2.45) is 0 Å². The Bertz CT molecular complexity index is 1200. The molecular formula is C24H22ClN3O2. The molecule has 0 aliphatic heterocycles. The summed E-state index contributed by atoms with van der Waals surface area (Å²) >= 11 is 6.17. The first-order chi connectivity index (χ1) is 14.6. The number of carbonyl (C=O) groups excluding carboxylic acids is 1. The summed E-state index contributed by atoms with van der Waals surface area (Å²) in [6, 6.07) is 20.9. The number of halogens is 1. The second-order valence-corrected chi connectivity index (χ2v) is 7.31. The molecule has 0 atom stereocenters. The van der Waals surface area contributed by atoms with Crippen LogP contribution in [0.1, 0.15) is 28.7 Å². The van der Waals surface area contributed by atoms with Crippen molar-refractivity contribution in [3.8, 4) is 11.4 Å². The maximum Gasteiger partial charge on any atom is 0.251 e. The normalized spacial score (nSPS) is 10.9. The van der Waals surface area contributed by atoms with E-state index in [2.05, 4.69) is 14.9 Å². The highest BCUT2D eigenvalue weighted by Gasteiger charge is 2.13. The number of hydrogen-bond acceptors (Lipinski definition) is 3. The molecule has 6 heteroatoms. The summed E-state index contributed by atoms with van der Waals surface area (Å²) in [5.41, 5.74) is 4.15. The highest BCUT2D eigenvalue weighted by molar-refractivity contribution is 6.31. The lowest BCUT2D eigenvalue weighted by atomic mass is 10.1. The van der Waals surface area contributed by atoms with Gasteiger partial charge in [0.1, 0.15) is 11.6 Å². The van der Waals surface area contributed by atoms with Gasteiger partial charge in [0.25, 0.3) is 5.91 Å². The number of aryl methyl sites for hydroxylation is 1. The molecule has 0 saturated carbocycles. The number of amides is 1. The van der Waals surface area contributed by atoms with Gasteiger partial charge in [0, 0.05) is 22.8 Å². The number of imidazole rings is 1. The van der Waals surface area contributed by atoms with Gasteiger partial charge in [0.05, 0.1) is 17.6 Å². The molecule has 1 amide bonds. The van der Waals surface area contributed by atoms with E-state index in [1.54, 1.807) is 0 Å². The van der Waals surface area contributed by atoms with E-state index in [1.165, 1.54) is 0 Å². The molecule has 1 aromatic heterocycles. The number of fused-ring (bicyclic) bond motifs is 1. The molecule has 1 heterocycles. The standard InChI is InChI=1S/C24H22ClN3O2/c1-3-30-20-11-9-19(10-12-20)28-16(2)27-22-14-17(8-13-23(22)28)24(29)26-15-18-6-4-5-7-21(18)25/h4-14H,3,15H2,1-2H3,(H,26,29). The Balaban J connectivity index is 1.58. The van der Waals surface area contributed by atoms with Crippen LogP contribution >= 0.6 is 11.6 Å². The van der Waals surface area contributed by atoms with E-state index >= 15 is 0 Å². The first-order valence-electron chi connectivity index (χ1n) is 9.80. The number of hydrogen-bond donors (Lipinski definition) is 1. The van der Waals surface area contributed by atoms with Crippen molar-refractivity contribution in [1.29, 1.82) is 0 Å².